The maximum atomic E-state index is 13.4. The van der Waals surface area contributed by atoms with Crippen molar-refractivity contribution >= 4 is 24.8 Å². The first-order valence-corrected chi connectivity index (χ1v) is 9.79. The van der Waals surface area contributed by atoms with Crippen LogP contribution in [0.4, 0.5) is 0 Å². The summed E-state index contributed by atoms with van der Waals surface area (Å²) in [6, 6.07) is 4.01. The summed E-state index contributed by atoms with van der Waals surface area (Å²) in [5.74, 6) is -2.12. The predicted octanol–water partition coefficient (Wildman–Crippen LogP) is 3.62. The van der Waals surface area contributed by atoms with Crippen molar-refractivity contribution < 1.29 is 33.0 Å². The first-order chi connectivity index (χ1) is 11.9. The van der Waals surface area contributed by atoms with Gasteiger partial charge in [-0.15, -0.1) is 0 Å². The predicted molar refractivity (Wildman–Crippen MR) is 93.7 cm³/mol. The van der Waals surface area contributed by atoms with Gasteiger partial charge in [0.1, 0.15) is 0 Å². The van der Waals surface area contributed by atoms with E-state index in [1.165, 1.54) is 25.3 Å². The highest BCUT2D eigenvalue weighted by atomic mass is 31.2. The number of rotatable bonds is 11. The van der Waals surface area contributed by atoms with E-state index in [1.807, 2.05) is 13.8 Å². The lowest BCUT2D eigenvalue weighted by atomic mass is 10.1. The van der Waals surface area contributed by atoms with Crippen LogP contribution in [0.3, 0.4) is 0 Å². The molecule has 0 bridgehead atoms. The summed E-state index contributed by atoms with van der Waals surface area (Å²) in [5, 5.41) is 9.22. The Balaban J connectivity index is 3.45. The number of hydrogen-bond donors (Lipinski definition) is 1. The van der Waals surface area contributed by atoms with Crippen LogP contribution >= 0.6 is 7.60 Å². The van der Waals surface area contributed by atoms with Gasteiger partial charge >= 0.3 is 19.5 Å². The number of benzene rings is 1. The number of esters is 1. The minimum Gasteiger partial charge on any atom is -0.478 e. The summed E-state index contributed by atoms with van der Waals surface area (Å²) in [7, 11) is -2.84. The Labute approximate surface area is 147 Å². The van der Waals surface area contributed by atoms with Gasteiger partial charge in [-0.1, -0.05) is 32.8 Å². The molecule has 140 valence electrons. The van der Waals surface area contributed by atoms with Crippen LogP contribution in [0.2, 0.25) is 0 Å². The Morgan fingerprint density at radius 2 is 1.56 bits per heavy atom. The quantitative estimate of drug-likeness (QED) is 0.360. The Hall–Kier alpha value is -1.69. The number of carbonyl (C=O) groups excluding carboxylic acids is 1. The van der Waals surface area contributed by atoms with Crippen LogP contribution < -0.4 is 5.30 Å². The van der Waals surface area contributed by atoms with Gasteiger partial charge in [0.25, 0.3) is 0 Å². The van der Waals surface area contributed by atoms with Gasteiger partial charge < -0.3 is 18.9 Å². The average Bonchev–Trinajstić information content (AvgIpc) is 2.60. The van der Waals surface area contributed by atoms with Crippen LogP contribution in [0.15, 0.2) is 18.2 Å². The highest BCUT2D eigenvalue weighted by molar-refractivity contribution is 7.62. The molecule has 0 aliphatic rings. The molecule has 0 fully saturated rings. The molecule has 0 spiro atoms. The van der Waals surface area contributed by atoms with E-state index in [-0.39, 0.29) is 29.6 Å². The van der Waals surface area contributed by atoms with E-state index in [0.717, 1.165) is 12.8 Å². The number of carboxylic acids is 1. The second-order valence-corrected chi connectivity index (χ2v) is 7.33. The van der Waals surface area contributed by atoms with Crippen LogP contribution in [0, 0.1) is 0 Å². The third-order valence-electron chi connectivity index (χ3n) is 3.46. The van der Waals surface area contributed by atoms with Crippen LogP contribution in [-0.2, 0) is 18.3 Å². The lowest BCUT2D eigenvalue weighted by Gasteiger charge is -2.22. The fraction of sp³-hybridized carbons (Fsp3) is 0.529. The van der Waals surface area contributed by atoms with E-state index < -0.39 is 19.5 Å². The molecule has 0 heterocycles. The minimum absolute atomic E-state index is 0.126. The summed E-state index contributed by atoms with van der Waals surface area (Å²) >= 11 is 0. The molecular formula is C17H25O7P. The number of aromatic carboxylic acids is 1. The molecule has 7 nitrogen and oxygen atoms in total. The molecule has 0 aliphatic carbocycles. The number of ether oxygens (including phenoxy) is 1. The highest BCUT2D eigenvalue weighted by Crippen LogP contribution is 2.49. The second-order valence-electron chi connectivity index (χ2n) is 5.37. The first kappa shape index (κ1) is 21.4. The van der Waals surface area contributed by atoms with Crippen LogP contribution in [0.25, 0.3) is 0 Å². The van der Waals surface area contributed by atoms with Gasteiger partial charge in [0.05, 0.1) is 36.8 Å². The zero-order valence-electron chi connectivity index (χ0n) is 14.8. The molecule has 1 N–H and O–H groups in total. The van der Waals surface area contributed by atoms with E-state index in [0.29, 0.717) is 12.8 Å². The molecule has 0 aliphatic heterocycles. The van der Waals surface area contributed by atoms with Crippen molar-refractivity contribution in [3.8, 4) is 0 Å². The molecule has 0 saturated heterocycles. The van der Waals surface area contributed by atoms with Crippen molar-refractivity contribution in [3.63, 3.8) is 0 Å². The van der Waals surface area contributed by atoms with Gasteiger partial charge in [0.2, 0.25) is 0 Å². The zero-order valence-corrected chi connectivity index (χ0v) is 15.7. The summed E-state index contributed by atoms with van der Waals surface area (Å²) in [6.45, 7) is 4.15. The average molecular weight is 372 g/mol. The lowest BCUT2D eigenvalue weighted by Crippen LogP contribution is -2.26. The molecular weight excluding hydrogens is 347 g/mol. The Kier molecular flexibility index (Phi) is 8.83. The maximum absolute atomic E-state index is 13.4. The lowest BCUT2D eigenvalue weighted by molar-refractivity contribution is 0.0601. The van der Waals surface area contributed by atoms with Gasteiger partial charge in [0.15, 0.2) is 0 Å². The summed E-state index contributed by atoms with van der Waals surface area (Å²) in [6.07, 6.45) is 2.87. The van der Waals surface area contributed by atoms with E-state index in [9.17, 15) is 19.3 Å². The van der Waals surface area contributed by atoms with Gasteiger partial charge in [-0.2, -0.15) is 0 Å². The zero-order chi connectivity index (χ0) is 18.9. The molecule has 1 aromatic carbocycles. The minimum atomic E-state index is -4.01. The van der Waals surface area contributed by atoms with Crippen molar-refractivity contribution in [3.05, 3.63) is 29.3 Å². The van der Waals surface area contributed by atoms with Crippen molar-refractivity contribution in [2.45, 2.75) is 39.5 Å². The molecule has 8 heteroatoms. The molecule has 1 rings (SSSR count). The molecule has 0 saturated carbocycles. The molecule has 0 radical (unpaired) electrons. The standard InChI is InChI=1S/C17H25O7P/c1-4-6-11-23-25(21,24-12-7-5-2)15-13(16(18)19)9-8-10-14(15)17(20)22-3/h8-10H,4-7,11-12H2,1-3H3,(H,18,19). The third kappa shape index (κ3) is 5.66. The maximum Gasteiger partial charge on any atom is 0.363 e. The normalized spacial score (nSPS) is 11.3. The Bertz CT molecular complexity index is 628. The van der Waals surface area contributed by atoms with Crippen molar-refractivity contribution in [2.24, 2.45) is 0 Å². The van der Waals surface area contributed by atoms with Gasteiger partial charge in [-0.3, -0.25) is 4.57 Å². The van der Waals surface area contributed by atoms with Crippen LogP contribution in [0.1, 0.15) is 60.2 Å². The number of carboxylic acid groups (broad SMARTS) is 1. The highest BCUT2D eigenvalue weighted by Gasteiger charge is 2.37. The van der Waals surface area contributed by atoms with E-state index in [2.05, 4.69) is 0 Å². The van der Waals surface area contributed by atoms with Crippen molar-refractivity contribution in [2.75, 3.05) is 20.3 Å². The van der Waals surface area contributed by atoms with E-state index >= 15 is 0 Å². The number of hydrogen-bond acceptors (Lipinski definition) is 6. The smallest absolute Gasteiger partial charge is 0.363 e. The van der Waals surface area contributed by atoms with Gasteiger partial charge in [-0.05, 0) is 25.0 Å². The molecule has 25 heavy (non-hydrogen) atoms. The first-order valence-electron chi connectivity index (χ1n) is 8.25. The van der Waals surface area contributed by atoms with Gasteiger partial charge in [-0.25, -0.2) is 9.59 Å². The van der Waals surface area contributed by atoms with E-state index in [1.54, 1.807) is 0 Å². The van der Waals surface area contributed by atoms with Crippen LogP contribution in [0.5, 0.6) is 0 Å². The summed E-state index contributed by atoms with van der Waals surface area (Å²) in [5.41, 5.74) is -0.419. The molecule has 0 aromatic heterocycles. The monoisotopic (exact) mass is 372 g/mol. The largest absolute Gasteiger partial charge is 0.478 e. The molecule has 0 unspecified atom stereocenters. The number of unbranched alkanes of at least 4 members (excludes halogenated alkanes) is 2. The van der Waals surface area contributed by atoms with Crippen molar-refractivity contribution in [1.29, 1.82) is 0 Å². The Morgan fingerprint density at radius 3 is 2.00 bits per heavy atom. The molecule has 0 amide bonds. The third-order valence-corrected chi connectivity index (χ3v) is 5.54. The van der Waals surface area contributed by atoms with Crippen LogP contribution in [-0.4, -0.2) is 37.4 Å². The summed E-state index contributed by atoms with van der Waals surface area (Å²) < 4.78 is 29.1. The van der Waals surface area contributed by atoms with Crippen molar-refractivity contribution in [1.82, 2.24) is 0 Å². The number of methoxy groups -OCH3 is 1. The summed E-state index contributed by atoms with van der Waals surface area (Å²) in [4.78, 5) is 23.7. The topological polar surface area (TPSA) is 99.1 Å². The number of carbonyl (C=O) groups is 2. The fourth-order valence-corrected chi connectivity index (χ4v) is 4.11. The fourth-order valence-electron chi connectivity index (χ4n) is 2.11. The SMILES string of the molecule is CCCCOP(=O)(OCCCC)c1c(C(=O)O)cccc1C(=O)OC. The second kappa shape index (κ2) is 10.3. The van der Waals surface area contributed by atoms with Gasteiger partial charge in [0, 0.05) is 0 Å². The Morgan fingerprint density at radius 1 is 1.04 bits per heavy atom. The molecule has 1 aromatic rings. The molecule has 0 atom stereocenters. The van der Waals surface area contributed by atoms with E-state index in [4.69, 9.17) is 13.8 Å².